The molecule has 6 rings (SSSR count). The molecule has 0 aromatic carbocycles. The SMILES string of the molecule is CCNCc1cncc(-c2ncc3[nH]nc(-c4nc5nccc(-c6ccc(F)s6)c5[nH]4)c3c2F)c1. The van der Waals surface area contributed by atoms with Crippen LogP contribution in [0, 0.1) is 10.9 Å². The molecule has 0 spiro atoms. The lowest BCUT2D eigenvalue weighted by Gasteiger charge is -2.07. The van der Waals surface area contributed by atoms with Gasteiger partial charge in [-0.25, -0.2) is 14.4 Å². The van der Waals surface area contributed by atoms with Crippen molar-refractivity contribution in [3.8, 4) is 33.2 Å². The normalized spacial score (nSPS) is 11.6. The molecule has 0 aliphatic rings. The molecule has 174 valence electrons. The molecular formula is C24H18F2N8S. The van der Waals surface area contributed by atoms with Crippen molar-refractivity contribution in [3.05, 3.63) is 65.6 Å². The van der Waals surface area contributed by atoms with Gasteiger partial charge in [-0.2, -0.15) is 9.49 Å². The smallest absolute Gasteiger partial charge is 0.178 e. The molecular weight excluding hydrogens is 470 g/mol. The van der Waals surface area contributed by atoms with Gasteiger partial charge >= 0.3 is 0 Å². The molecule has 0 unspecified atom stereocenters. The summed E-state index contributed by atoms with van der Waals surface area (Å²) in [6.45, 7) is 3.46. The van der Waals surface area contributed by atoms with E-state index in [4.69, 9.17) is 0 Å². The van der Waals surface area contributed by atoms with E-state index in [9.17, 15) is 4.39 Å². The third kappa shape index (κ3) is 3.74. The second-order valence-electron chi connectivity index (χ2n) is 7.89. The highest BCUT2D eigenvalue weighted by Gasteiger charge is 2.21. The van der Waals surface area contributed by atoms with Gasteiger partial charge in [0.2, 0.25) is 0 Å². The van der Waals surface area contributed by atoms with Crippen LogP contribution < -0.4 is 5.32 Å². The molecule has 8 nitrogen and oxygen atoms in total. The van der Waals surface area contributed by atoms with E-state index in [1.165, 1.54) is 6.07 Å². The average Bonchev–Trinajstić information content (AvgIpc) is 3.60. The standard InChI is InChI=1S/C24H18F2N8S/c1-2-27-8-12-7-13(10-28-9-12)20-19(26)18-15(11-30-20)33-34-22(18)24-31-21-14(5-6-29-23(21)32-24)16-3-4-17(25)35-16/h3-7,9-11,27H,2,8H2,1H3,(H,33,34)(H,29,31,32). The molecule has 0 aliphatic heterocycles. The fourth-order valence-corrected chi connectivity index (χ4v) is 4.78. The van der Waals surface area contributed by atoms with Crippen LogP contribution in [0.1, 0.15) is 12.5 Å². The van der Waals surface area contributed by atoms with Gasteiger partial charge in [-0.1, -0.05) is 6.92 Å². The molecule has 0 radical (unpaired) electrons. The largest absolute Gasteiger partial charge is 0.335 e. The fraction of sp³-hybridized carbons (Fsp3) is 0.125. The van der Waals surface area contributed by atoms with Crippen molar-refractivity contribution >= 4 is 33.4 Å². The molecule has 0 saturated carbocycles. The Hall–Kier alpha value is -4.09. The summed E-state index contributed by atoms with van der Waals surface area (Å²) < 4.78 is 29.5. The Labute approximate surface area is 201 Å². The lowest BCUT2D eigenvalue weighted by molar-refractivity contribution is 0.638. The lowest BCUT2D eigenvalue weighted by Crippen LogP contribution is -2.11. The second kappa shape index (κ2) is 8.60. The minimum absolute atomic E-state index is 0.176. The first-order valence-corrected chi connectivity index (χ1v) is 11.7. The number of aromatic amines is 2. The quantitative estimate of drug-likeness (QED) is 0.302. The van der Waals surface area contributed by atoms with E-state index < -0.39 is 5.82 Å². The van der Waals surface area contributed by atoms with E-state index in [-0.39, 0.29) is 16.2 Å². The maximum absolute atomic E-state index is 15.9. The van der Waals surface area contributed by atoms with Gasteiger partial charge in [-0.15, -0.1) is 11.3 Å². The summed E-state index contributed by atoms with van der Waals surface area (Å²) >= 11 is 1.03. The number of nitrogens with zero attached hydrogens (tertiary/aromatic N) is 5. The Balaban J connectivity index is 1.48. The summed E-state index contributed by atoms with van der Waals surface area (Å²) in [5.74, 6) is -0.180. The molecule has 0 fully saturated rings. The van der Waals surface area contributed by atoms with Crippen LogP contribution in [0.25, 0.3) is 55.3 Å². The summed E-state index contributed by atoms with van der Waals surface area (Å²) in [5.41, 5.74) is 4.22. The minimum atomic E-state index is -0.525. The Morgan fingerprint density at radius 1 is 1.06 bits per heavy atom. The van der Waals surface area contributed by atoms with Crippen molar-refractivity contribution in [1.29, 1.82) is 0 Å². The number of imidazole rings is 1. The molecule has 0 bridgehead atoms. The van der Waals surface area contributed by atoms with E-state index >= 15 is 4.39 Å². The van der Waals surface area contributed by atoms with Crippen LogP contribution in [0.3, 0.4) is 0 Å². The first-order valence-electron chi connectivity index (χ1n) is 10.9. The third-order valence-corrected chi connectivity index (χ3v) is 6.55. The monoisotopic (exact) mass is 488 g/mol. The number of fused-ring (bicyclic) bond motifs is 2. The zero-order chi connectivity index (χ0) is 23.9. The van der Waals surface area contributed by atoms with Gasteiger partial charge < -0.3 is 10.3 Å². The highest BCUT2D eigenvalue weighted by Crippen LogP contribution is 2.35. The molecule has 0 saturated heterocycles. The summed E-state index contributed by atoms with van der Waals surface area (Å²) in [5, 5.41) is 10.4. The summed E-state index contributed by atoms with van der Waals surface area (Å²) in [7, 11) is 0. The Morgan fingerprint density at radius 3 is 2.80 bits per heavy atom. The summed E-state index contributed by atoms with van der Waals surface area (Å²) in [6, 6.07) is 6.77. The number of rotatable bonds is 6. The second-order valence-corrected chi connectivity index (χ2v) is 8.92. The minimum Gasteiger partial charge on any atom is -0.335 e. The van der Waals surface area contributed by atoms with Crippen molar-refractivity contribution in [1.82, 2.24) is 40.4 Å². The number of H-pyrrole nitrogens is 2. The topological polar surface area (TPSA) is 108 Å². The van der Waals surface area contributed by atoms with Crippen molar-refractivity contribution in [2.45, 2.75) is 13.5 Å². The van der Waals surface area contributed by atoms with E-state index in [2.05, 4.69) is 40.4 Å². The molecule has 11 heteroatoms. The van der Waals surface area contributed by atoms with E-state index in [1.807, 2.05) is 13.0 Å². The number of pyridine rings is 3. The van der Waals surface area contributed by atoms with Crippen molar-refractivity contribution in [2.75, 3.05) is 6.54 Å². The Morgan fingerprint density at radius 2 is 1.97 bits per heavy atom. The first-order chi connectivity index (χ1) is 17.1. The van der Waals surface area contributed by atoms with Crippen LogP contribution in [-0.2, 0) is 6.54 Å². The summed E-state index contributed by atoms with van der Waals surface area (Å²) in [4.78, 5) is 21.4. The maximum Gasteiger partial charge on any atom is 0.178 e. The number of aromatic nitrogens is 7. The van der Waals surface area contributed by atoms with Crippen molar-refractivity contribution in [3.63, 3.8) is 0 Å². The molecule has 3 N–H and O–H groups in total. The number of thiophene rings is 1. The van der Waals surface area contributed by atoms with Gasteiger partial charge in [0.1, 0.15) is 11.4 Å². The van der Waals surface area contributed by atoms with Crippen LogP contribution in [0.15, 0.2) is 49.1 Å². The average molecular weight is 489 g/mol. The van der Waals surface area contributed by atoms with Gasteiger partial charge in [0, 0.05) is 41.1 Å². The molecule has 35 heavy (non-hydrogen) atoms. The fourth-order valence-electron chi connectivity index (χ4n) is 4.02. The maximum atomic E-state index is 15.9. The molecule has 6 aromatic heterocycles. The molecule has 6 aromatic rings. The number of nitrogens with one attached hydrogen (secondary N) is 3. The Bertz CT molecular complexity index is 1690. The van der Waals surface area contributed by atoms with Gasteiger partial charge in [0.15, 0.2) is 22.4 Å². The van der Waals surface area contributed by atoms with Gasteiger partial charge in [-0.3, -0.25) is 15.1 Å². The molecule has 0 aliphatic carbocycles. The lowest BCUT2D eigenvalue weighted by atomic mass is 10.1. The predicted molar refractivity (Wildman–Crippen MR) is 131 cm³/mol. The van der Waals surface area contributed by atoms with E-state index in [0.717, 1.165) is 33.9 Å². The predicted octanol–water partition coefficient (Wildman–Crippen LogP) is 5.07. The van der Waals surface area contributed by atoms with Crippen molar-refractivity contribution in [2.24, 2.45) is 0 Å². The number of hydrogen-bond acceptors (Lipinski definition) is 7. The molecule has 6 heterocycles. The first kappa shape index (κ1) is 21.4. The van der Waals surface area contributed by atoms with Crippen molar-refractivity contribution < 1.29 is 8.78 Å². The van der Waals surface area contributed by atoms with Crippen LogP contribution in [0.4, 0.5) is 8.78 Å². The number of halogens is 2. The van der Waals surface area contributed by atoms with Crippen LogP contribution in [-0.4, -0.2) is 41.7 Å². The Kier molecular flexibility index (Phi) is 5.27. The van der Waals surface area contributed by atoms with E-state index in [1.54, 1.807) is 36.9 Å². The zero-order valence-electron chi connectivity index (χ0n) is 18.4. The van der Waals surface area contributed by atoms with Crippen LogP contribution in [0.5, 0.6) is 0 Å². The summed E-state index contributed by atoms with van der Waals surface area (Å²) in [6.07, 6.45) is 6.48. The van der Waals surface area contributed by atoms with Crippen LogP contribution >= 0.6 is 11.3 Å². The zero-order valence-corrected chi connectivity index (χ0v) is 19.2. The van der Waals surface area contributed by atoms with Gasteiger partial charge in [0.05, 0.1) is 22.6 Å². The highest BCUT2D eigenvalue weighted by atomic mass is 32.1. The third-order valence-electron chi connectivity index (χ3n) is 5.65. The molecule has 0 amide bonds. The van der Waals surface area contributed by atoms with Crippen LogP contribution in [0.2, 0.25) is 0 Å². The molecule has 0 atom stereocenters. The number of hydrogen-bond donors (Lipinski definition) is 3. The van der Waals surface area contributed by atoms with Gasteiger partial charge in [-0.05, 0) is 36.4 Å². The highest BCUT2D eigenvalue weighted by molar-refractivity contribution is 7.14. The van der Waals surface area contributed by atoms with Gasteiger partial charge in [0.25, 0.3) is 0 Å². The van der Waals surface area contributed by atoms with E-state index in [0.29, 0.717) is 40.3 Å².